The summed E-state index contributed by atoms with van der Waals surface area (Å²) in [6.45, 7) is 5.87. The van der Waals surface area contributed by atoms with Crippen molar-refractivity contribution in [2.75, 3.05) is 19.9 Å². The number of aromatic nitrogens is 2. The van der Waals surface area contributed by atoms with Crippen LogP contribution in [0.15, 0.2) is 12.1 Å². The molecular formula is C15H19N3O2. The zero-order valence-corrected chi connectivity index (χ0v) is 11.7. The average molecular weight is 273 g/mol. The summed E-state index contributed by atoms with van der Waals surface area (Å²) in [5.41, 5.74) is 1.98. The Balaban J connectivity index is 1.55. The molecule has 5 heteroatoms. The molecular weight excluding hydrogens is 254 g/mol. The lowest BCUT2D eigenvalue weighted by Crippen LogP contribution is -2.32. The smallest absolute Gasteiger partial charge is 0.231 e. The second kappa shape index (κ2) is 4.66. The number of hydrogen-bond donors (Lipinski definition) is 1. The lowest BCUT2D eigenvalue weighted by molar-refractivity contribution is 0.174. The Morgan fingerprint density at radius 2 is 2.00 bits per heavy atom. The molecule has 0 aliphatic carbocycles. The van der Waals surface area contributed by atoms with Crippen LogP contribution < -0.4 is 9.47 Å². The molecule has 2 aromatic rings. The number of nitrogens with one attached hydrogen (secondary N) is 1. The summed E-state index contributed by atoms with van der Waals surface area (Å²) in [6.07, 6.45) is 2.58. The van der Waals surface area contributed by atoms with Crippen LogP contribution in [0.2, 0.25) is 0 Å². The zero-order chi connectivity index (χ0) is 13.5. The van der Waals surface area contributed by atoms with Crippen molar-refractivity contribution in [2.24, 2.45) is 5.92 Å². The van der Waals surface area contributed by atoms with Crippen LogP contribution in [0.25, 0.3) is 11.0 Å². The van der Waals surface area contributed by atoms with Gasteiger partial charge in [-0.1, -0.05) is 6.92 Å². The Bertz CT molecular complexity index is 588. The molecule has 0 saturated carbocycles. The summed E-state index contributed by atoms with van der Waals surface area (Å²) in [5.74, 6) is 3.49. The average Bonchev–Trinajstić information content (AvgIpc) is 3.03. The molecule has 0 bridgehead atoms. The number of nitrogens with zero attached hydrogens (tertiary/aromatic N) is 2. The molecule has 0 amide bonds. The maximum Gasteiger partial charge on any atom is 0.231 e. The third kappa shape index (κ3) is 2.12. The standard InChI is InChI=1S/C15H19N3O2/c1-10-2-4-18(5-3-10)8-15-16-11-6-13-14(20-9-19-13)7-12(11)17-15/h6-7,10H,2-5,8-9H2,1H3,(H,16,17). The van der Waals surface area contributed by atoms with Gasteiger partial charge in [0.25, 0.3) is 0 Å². The molecule has 1 aromatic carbocycles. The van der Waals surface area contributed by atoms with E-state index < -0.39 is 0 Å². The Labute approximate surface area is 117 Å². The summed E-state index contributed by atoms with van der Waals surface area (Å²) >= 11 is 0. The second-order valence-electron chi connectivity index (χ2n) is 5.86. The number of rotatable bonds is 2. The Morgan fingerprint density at radius 3 is 2.80 bits per heavy atom. The van der Waals surface area contributed by atoms with Crippen molar-refractivity contribution in [1.82, 2.24) is 14.9 Å². The molecule has 0 unspecified atom stereocenters. The molecule has 1 fully saturated rings. The van der Waals surface area contributed by atoms with Gasteiger partial charge in [-0.2, -0.15) is 0 Å². The fourth-order valence-corrected chi connectivity index (χ4v) is 2.96. The monoisotopic (exact) mass is 273 g/mol. The largest absolute Gasteiger partial charge is 0.454 e. The van der Waals surface area contributed by atoms with Crippen LogP contribution in [0.5, 0.6) is 11.5 Å². The Hall–Kier alpha value is -1.75. The third-order valence-corrected chi connectivity index (χ3v) is 4.27. The van der Waals surface area contributed by atoms with Crippen LogP contribution in [0, 0.1) is 5.92 Å². The van der Waals surface area contributed by atoms with Crippen molar-refractivity contribution < 1.29 is 9.47 Å². The van der Waals surface area contributed by atoms with Crippen molar-refractivity contribution in [3.63, 3.8) is 0 Å². The zero-order valence-electron chi connectivity index (χ0n) is 11.7. The van der Waals surface area contributed by atoms with Gasteiger partial charge in [0.05, 0.1) is 17.6 Å². The van der Waals surface area contributed by atoms with E-state index in [1.165, 1.54) is 25.9 Å². The van der Waals surface area contributed by atoms with Crippen LogP contribution in [0.1, 0.15) is 25.6 Å². The predicted octanol–water partition coefficient (Wildman–Crippen LogP) is 2.52. The van der Waals surface area contributed by atoms with Crippen LogP contribution in [0.3, 0.4) is 0 Å². The predicted molar refractivity (Wildman–Crippen MR) is 75.9 cm³/mol. The molecule has 2 aliphatic rings. The van der Waals surface area contributed by atoms with E-state index in [2.05, 4.69) is 21.8 Å². The minimum absolute atomic E-state index is 0.306. The van der Waals surface area contributed by atoms with E-state index in [0.717, 1.165) is 40.8 Å². The number of likely N-dealkylation sites (tertiary alicyclic amines) is 1. The van der Waals surface area contributed by atoms with Gasteiger partial charge in [-0.3, -0.25) is 4.90 Å². The minimum atomic E-state index is 0.306. The number of ether oxygens (including phenoxy) is 2. The summed E-state index contributed by atoms with van der Waals surface area (Å²) in [6, 6.07) is 3.93. The van der Waals surface area contributed by atoms with E-state index in [1.54, 1.807) is 0 Å². The summed E-state index contributed by atoms with van der Waals surface area (Å²) in [4.78, 5) is 10.5. The van der Waals surface area contributed by atoms with Crippen LogP contribution in [-0.4, -0.2) is 34.8 Å². The molecule has 3 heterocycles. The molecule has 20 heavy (non-hydrogen) atoms. The first-order valence-corrected chi connectivity index (χ1v) is 7.28. The molecule has 1 saturated heterocycles. The summed E-state index contributed by atoms with van der Waals surface area (Å²) in [7, 11) is 0. The molecule has 5 nitrogen and oxygen atoms in total. The first-order valence-electron chi connectivity index (χ1n) is 7.28. The highest BCUT2D eigenvalue weighted by Crippen LogP contribution is 2.35. The molecule has 0 atom stereocenters. The van der Waals surface area contributed by atoms with Gasteiger partial charge >= 0.3 is 0 Å². The number of H-pyrrole nitrogens is 1. The number of fused-ring (bicyclic) bond motifs is 2. The number of imidazole rings is 1. The first-order chi connectivity index (χ1) is 9.78. The molecule has 2 aliphatic heterocycles. The first kappa shape index (κ1) is 12.0. The third-order valence-electron chi connectivity index (χ3n) is 4.27. The van der Waals surface area contributed by atoms with Crippen molar-refractivity contribution in [1.29, 1.82) is 0 Å². The number of aromatic amines is 1. The molecule has 0 radical (unpaired) electrons. The fourth-order valence-electron chi connectivity index (χ4n) is 2.96. The molecule has 4 rings (SSSR count). The van der Waals surface area contributed by atoms with Crippen LogP contribution >= 0.6 is 0 Å². The van der Waals surface area contributed by atoms with Gasteiger partial charge in [-0.15, -0.1) is 0 Å². The highest BCUT2D eigenvalue weighted by molar-refractivity contribution is 5.80. The van der Waals surface area contributed by atoms with Crippen LogP contribution in [0.4, 0.5) is 0 Å². The SMILES string of the molecule is CC1CCN(Cc2nc3cc4c(cc3[nH]2)OCO4)CC1. The topological polar surface area (TPSA) is 50.4 Å². The quantitative estimate of drug-likeness (QED) is 0.913. The molecule has 106 valence electrons. The van der Waals surface area contributed by atoms with E-state index in [1.807, 2.05) is 12.1 Å². The Kier molecular flexibility index (Phi) is 2.80. The van der Waals surface area contributed by atoms with Gasteiger partial charge in [0.15, 0.2) is 11.5 Å². The van der Waals surface area contributed by atoms with E-state index in [9.17, 15) is 0 Å². The van der Waals surface area contributed by atoms with Crippen molar-refractivity contribution in [3.05, 3.63) is 18.0 Å². The minimum Gasteiger partial charge on any atom is -0.454 e. The molecule has 0 spiro atoms. The second-order valence-corrected chi connectivity index (χ2v) is 5.86. The number of piperidine rings is 1. The summed E-state index contributed by atoms with van der Waals surface area (Å²) in [5, 5.41) is 0. The van der Waals surface area contributed by atoms with Gasteiger partial charge in [-0.25, -0.2) is 4.98 Å². The lowest BCUT2D eigenvalue weighted by atomic mass is 9.99. The van der Waals surface area contributed by atoms with Gasteiger partial charge in [0, 0.05) is 12.1 Å². The number of benzene rings is 1. The molecule has 1 aromatic heterocycles. The highest BCUT2D eigenvalue weighted by atomic mass is 16.7. The van der Waals surface area contributed by atoms with Gasteiger partial charge in [-0.05, 0) is 31.8 Å². The van der Waals surface area contributed by atoms with Crippen molar-refractivity contribution >= 4 is 11.0 Å². The maximum absolute atomic E-state index is 5.40. The fraction of sp³-hybridized carbons (Fsp3) is 0.533. The normalized spacial score (nSPS) is 19.9. The van der Waals surface area contributed by atoms with E-state index in [-0.39, 0.29) is 0 Å². The van der Waals surface area contributed by atoms with E-state index >= 15 is 0 Å². The Morgan fingerprint density at radius 1 is 1.25 bits per heavy atom. The van der Waals surface area contributed by atoms with E-state index in [4.69, 9.17) is 9.47 Å². The summed E-state index contributed by atoms with van der Waals surface area (Å²) < 4.78 is 10.8. The van der Waals surface area contributed by atoms with Crippen molar-refractivity contribution in [2.45, 2.75) is 26.3 Å². The van der Waals surface area contributed by atoms with Gasteiger partial charge in [0.1, 0.15) is 5.82 Å². The number of hydrogen-bond acceptors (Lipinski definition) is 4. The van der Waals surface area contributed by atoms with Gasteiger partial charge in [0.2, 0.25) is 6.79 Å². The highest BCUT2D eigenvalue weighted by Gasteiger charge is 2.19. The van der Waals surface area contributed by atoms with E-state index in [0.29, 0.717) is 6.79 Å². The van der Waals surface area contributed by atoms with Gasteiger partial charge < -0.3 is 14.5 Å². The maximum atomic E-state index is 5.40. The van der Waals surface area contributed by atoms with Crippen LogP contribution in [-0.2, 0) is 6.54 Å². The lowest BCUT2D eigenvalue weighted by Gasteiger charge is -2.29. The molecule has 1 N–H and O–H groups in total. The van der Waals surface area contributed by atoms with Crippen molar-refractivity contribution in [3.8, 4) is 11.5 Å².